The number of hydrogen-bond acceptors (Lipinski definition) is 3. The molecule has 2 nitrogen and oxygen atoms in total. The zero-order chi connectivity index (χ0) is 13.1. The Morgan fingerprint density at radius 2 is 1.76 bits per heavy atom. The van der Waals surface area contributed by atoms with E-state index in [0.29, 0.717) is 11.5 Å². The highest BCUT2D eigenvalue weighted by Gasteiger charge is 2.23. The molecular formula is C14H30N2S. The molecule has 1 aliphatic heterocycles. The lowest BCUT2D eigenvalue weighted by Gasteiger charge is -2.35. The lowest BCUT2D eigenvalue weighted by Crippen LogP contribution is -2.42. The lowest BCUT2D eigenvalue weighted by atomic mass is 9.87. The van der Waals surface area contributed by atoms with Crippen molar-refractivity contribution >= 4 is 11.8 Å². The van der Waals surface area contributed by atoms with Crippen LogP contribution in [-0.2, 0) is 0 Å². The molecule has 0 aromatic carbocycles. The molecule has 1 rings (SSSR count). The summed E-state index contributed by atoms with van der Waals surface area (Å²) >= 11 is 2.12. The van der Waals surface area contributed by atoms with E-state index in [4.69, 9.17) is 5.73 Å². The molecular weight excluding hydrogens is 228 g/mol. The number of nitrogens with zero attached hydrogens (tertiary/aromatic N) is 1. The quantitative estimate of drug-likeness (QED) is 0.840. The molecule has 3 unspecified atom stereocenters. The minimum Gasteiger partial charge on any atom is -0.328 e. The van der Waals surface area contributed by atoms with Crippen LogP contribution in [0.5, 0.6) is 0 Å². The van der Waals surface area contributed by atoms with Crippen LogP contribution in [0.25, 0.3) is 0 Å². The van der Waals surface area contributed by atoms with Gasteiger partial charge in [0.05, 0.1) is 0 Å². The molecule has 0 saturated carbocycles. The Kier molecular flexibility index (Phi) is 5.81. The fourth-order valence-corrected chi connectivity index (χ4v) is 4.09. The average molecular weight is 258 g/mol. The average Bonchev–Trinajstić information content (AvgIpc) is 2.10. The van der Waals surface area contributed by atoms with Crippen molar-refractivity contribution in [2.75, 3.05) is 19.6 Å². The van der Waals surface area contributed by atoms with Crippen LogP contribution >= 0.6 is 11.8 Å². The van der Waals surface area contributed by atoms with Gasteiger partial charge in [-0.15, -0.1) is 0 Å². The summed E-state index contributed by atoms with van der Waals surface area (Å²) in [5.74, 6) is 0. The highest BCUT2D eigenvalue weighted by Crippen LogP contribution is 2.25. The fourth-order valence-electron chi connectivity index (χ4n) is 2.70. The summed E-state index contributed by atoms with van der Waals surface area (Å²) in [5, 5.41) is 1.55. The van der Waals surface area contributed by atoms with E-state index in [1.54, 1.807) is 0 Å². The Morgan fingerprint density at radius 1 is 1.24 bits per heavy atom. The van der Waals surface area contributed by atoms with E-state index in [9.17, 15) is 0 Å². The molecule has 0 aromatic rings. The Labute approximate surface area is 112 Å². The lowest BCUT2D eigenvalue weighted by molar-refractivity contribution is 0.244. The van der Waals surface area contributed by atoms with Gasteiger partial charge in [0.1, 0.15) is 0 Å². The highest BCUT2D eigenvalue weighted by atomic mass is 32.2. The van der Waals surface area contributed by atoms with Crippen LogP contribution in [0.3, 0.4) is 0 Å². The minimum atomic E-state index is 0.357. The molecule has 0 radical (unpaired) electrons. The summed E-state index contributed by atoms with van der Waals surface area (Å²) in [6, 6.07) is 0.357. The van der Waals surface area contributed by atoms with Crippen LogP contribution in [-0.4, -0.2) is 41.1 Å². The first-order valence-electron chi connectivity index (χ1n) is 6.89. The molecule has 17 heavy (non-hydrogen) atoms. The van der Waals surface area contributed by atoms with Gasteiger partial charge in [0.2, 0.25) is 0 Å². The Morgan fingerprint density at radius 3 is 2.24 bits per heavy atom. The van der Waals surface area contributed by atoms with Crippen molar-refractivity contribution in [2.45, 2.75) is 64.0 Å². The van der Waals surface area contributed by atoms with Crippen molar-refractivity contribution in [1.82, 2.24) is 4.90 Å². The van der Waals surface area contributed by atoms with Crippen molar-refractivity contribution in [3.63, 3.8) is 0 Å². The number of nitrogens with two attached hydrogens (primary N) is 1. The monoisotopic (exact) mass is 258 g/mol. The molecule has 1 aliphatic rings. The van der Waals surface area contributed by atoms with Crippen LogP contribution in [0.15, 0.2) is 0 Å². The van der Waals surface area contributed by atoms with E-state index in [0.717, 1.165) is 23.3 Å². The molecule has 1 saturated heterocycles. The largest absolute Gasteiger partial charge is 0.328 e. The summed E-state index contributed by atoms with van der Waals surface area (Å²) in [6.45, 7) is 15.1. The molecule has 2 N–H and O–H groups in total. The second-order valence-electron chi connectivity index (χ2n) is 6.83. The van der Waals surface area contributed by atoms with Crippen LogP contribution in [0.2, 0.25) is 0 Å². The van der Waals surface area contributed by atoms with Gasteiger partial charge < -0.3 is 10.6 Å². The van der Waals surface area contributed by atoms with Gasteiger partial charge in [-0.2, -0.15) is 11.8 Å². The van der Waals surface area contributed by atoms with E-state index < -0.39 is 0 Å². The van der Waals surface area contributed by atoms with E-state index in [1.807, 2.05) is 0 Å². The summed E-state index contributed by atoms with van der Waals surface area (Å²) in [7, 11) is 0. The predicted molar refractivity (Wildman–Crippen MR) is 79.6 cm³/mol. The third-order valence-corrected chi connectivity index (χ3v) is 4.41. The van der Waals surface area contributed by atoms with Crippen molar-refractivity contribution in [1.29, 1.82) is 0 Å². The molecule has 0 aliphatic carbocycles. The van der Waals surface area contributed by atoms with Gasteiger partial charge in [-0.25, -0.2) is 0 Å². The Hall–Kier alpha value is 0.270. The third kappa shape index (κ3) is 6.68. The topological polar surface area (TPSA) is 29.3 Å². The van der Waals surface area contributed by atoms with Gasteiger partial charge in [-0.1, -0.05) is 34.6 Å². The second kappa shape index (κ2) is 6.44. The molecule has 0 bridgehead atoms. The molecule has 3 atom stereocenters. The van der Waals surface area contributed by atoms with Crippen molar-refractivity contribution in [3.05, 3.63) is 0 Å². The molecule has 1 heterocycles. The maximum absolute atomic E-state index is 6.21. The molecule has 0 amide bonds. The smallest absolute Gasteiger partial charge is 0.0149 e. The summed E-state index contributed by atoms with van der Waals surface area (Å²) in [6.07, 6.45) is 2.27. The molecule has 0 spiro atoms. The van der Waals surface area contributed by atoms with Gasteiger partial charge >= 0.3 is 0 Å². The van der Waals surface area contributed by atoms with Gasteiger partial charge in [-0.05, 0) is 24.8 Å². The zero-order valence-corrected chi connectivity index (χ0v) is 13.0. The van der Waals surface area contributed by atoms with E-state index in [-0.39, 0.29) is 0 Å². The van der Waals surface area contributed by atoms with Gasteiger partial charge in [0, 0.05) is 29.6 Å². The third-order valence-electron chi connectivity index (χ3n) is 3.19. The van der Waals surface area contributed by atoms with Crippen LogP contribution in [0.1, 0.15) is 47.5 Å². The Bertz CT molecular complexity index is 215. The van der Waals surface area contributed by atoms with E-state index >= 15 is 0 Å². The standard InChI is InChI=1S/C14H30N2S/c1-11-9-16(10-12(2)17-11)7-6-13(15)8-14(3,4)5/h11-13H,6-10,15H2,1-5H3. The first-order chi connectivity index (χ1) is 7.76. The maximum Gasteiger partial charge on any atom is 0.0149 e. The van der Waals surface area contributed by atoms with Gasteiger partial charge in [-0.3, -0.25) is 0 Å². The SMILES string of the molecule is CC1CN(CCC(N)CC(C)(C)C)CC(C)S1. The predicted octanol–water partition coefficient (Wildman–Crippen LogP) is 2.97. The molecule has 0 aromatic heterocycles. The maximum atomic E-state index is 6.21. The summed E-state index contributed by atoms with van der Waals surface area (Å²) in [4.78, 5) is 2.59. The fraction of sp³-hybridized carbons (Fsp3) is 1.00. The van der Waals surface area contributed by atoms with Crippen molar-refractivity contribution in [2.24, 2.45) is 11.1 Å². The van der Waals surface area contributed by atoms with Gasteiger partial charge in [0.15, 0.2) is 0 Å². The molecule has 1 fully saturated rings. The van der Waals surface area contributed by atoms with Crippen LogP contribution in [0, 0.1) is 5.41 Å². The van der Waals surface area contributed by atoms with Crippen LogP contribution < -0.4 is 5.73 Å². The van der Waals surface area contributed by atoms with Crippen molar-refractivity contribution in [3.8, 4) is 0 Å². The van der Waals surface area contributed by atoms with Gasteiger partial charge in [0.25, 0.3) is 0 Å². The van der Waals surface area contributed by atoms with E-state index in [2.05, 4.69) is 51.3 Å². The Balaban J connectivity index is 2.25. The highest BCUT2D eigenvalue weighted by molar-refractivity contribution is 8.00. The summed E-state index contributed by atoms with van der Waals surface area (Å²) in [5.41, 5.74) is 6.57. The first-order valence-corrected chi connectivity index (χ1v) is 7.84. The second-order valence-corrected chi connectivity index (χ2v) is 8.71. The van der Waals surface area contributed by atoms with Crippen molar-refractivity contribution < 1.29 is 0 Å². The normalized spacial score (nSPS) is 29.3. The zero-order valence-electron chi connectivity index (χ0n) is 12.2. The number of rotatable bonds is 4. The van der Waals surface area contributed by atoms with E-state index in [1.165, 1.54) is 19.6 Å². The minimum absolute atomic E-state index is 0.357. The summed E-state index contributed by atoms with van der Waals surface area (Å²) < 4.78 is 0. The molecule has 102 valence electrons. The first kappa shape index (κ1) is 15.3. The molecule has 3 heteroatoms. The number of hydrogen-bond donors (Lipinski definition) is 1. The van der Waals surface area contributed by atoms with Crippen LogP contribution in [0.4, 0.5) is 0 Å². The number of thioether (sulfide) groups is 1.